The van der Waals surface area contributed by atoms with Crippen molar-refractivity contribution in [1.29, 1.82) is 0 Å². The van der Waals surface area contributed by atoms with Crippen LogP contribution in [0.4, 0.5) is 4.79 Å². The monoisotopic (exact) mass is 567 g/mol. The Kier molecular flexibility index (Phi) is 9.33. The number of methoxy groups -OCH3 is 1. The molecule has 1 heterocycles. The molecule has 0 aliphatic carbocycles. The minimum Gasteiger partial charge on any atom is -0.496 e. The molecule has 1 fully saturated rings. The fourth-order valence-electron chi connectivity index (χ4n) is 5.53. The Bertz CT molecular complexity index is 1460. The van der Waals surface area contributed by atoms with Gasteiger partial charge in [-0.15, -0.1) is 0 Å². The fraction of sp³-hybridized carbons (Fsp3) is 0.361. The number of para-hydroxylation sites is 1. The zero-order valence-corrected chi connectivity index (χ0v) is 25.0. The first-order chi connectivity index (χ1) is 20.3. The quantitative estimate of drug-likeness (QED) is 0.207. The zero-order valence-electron chi connectivity index (χ0n) is 25.0. The van der Waals surface area contributed by atoms with Gasteiger partial charge >= 0.3 is 6.09 Å². The largest absolute Gasteiger partial charge is 0.496 e. The standard InChI is InChI=1S/C36H41NO5/c1-36(2,3)42-35(38)37-22-20-31(28-16-14-26(15-17-28)21-23-40-30-11-6-5-7-12-30)33(24-37)41-25-29-19-18-27-10-8-9-13-32(27)34(29)39-4/h5-19,31,33H,20-25H2,1-4H3. The molecule has 1 saturated heterocycles. The molecule has 4 aromatic carbocycles. The molecular formula is C36H41NO5. The van der Waals surface area contributed by atoms with Crippen LogP contribution in [0.2, 0.25) is 0 Å². The lowest BCUT2D eigenvalue weighted by Crippen LogP contribution is -2.48. The Balaban J connectivity index is 1.30. The van der Waals surface area contributed by atoms with E-state index in [1.165, 1.54) is 11.1 Å². The van der Waals surface area contributed by atoms with Gasteiger partial charge in [0.05, 0.1) is 33.0 Å². The van der Waals surface area contributed by atoms with Gasteiger partial charge in [0.25, 0.3) is 0 Å². The van der Waals surface area contributed by atoms with Crippen molar-refractivity contribution in [1.82, 2.24) is 4.90 Å². The molecule has 1 aliphatic heterocycles. The second-order valence-corrected chi connectivity index (χ2v) is 11.8. The molecule has 2 atom stereocenters. The van der Waals surface area contributed by atoms with Crippen molar-refractivity contribution in [2.75, 3.05) is 26.8 Å². The molecule has 0 saturated carbocycles. The van der Waals surface area contributed by atoms with Crippen LogP contribution < -0.4 is 9.47 Å². The van der Waals surface area contributed by atoms with Gasteiger partial charge < -0.3 is 23.8 Å². The molecule has 6 heteroatoms. The van der Waals surface area contributed by atoms with E-state index in [2.05, 4.69) is 48.5 Å². The maximum Gasteiger partial charge on any atom is 0.410 e. The number of benzene rings is 4. The number of rotatable bonds is 9. The Hall–Kier alpha value is -4.03. The second kappa shape index (κ2) is 13.3. The molecule has 1 aliphatic rings. The Morgan fingerprint density at radius 3 is 2.38 bits per heavy atom. The summed E-state index contributed by atoms with van der Waals surface area (Å²) in [5.74, 6) is 1.85. The molecule has 5 rings (SSSR count). The van der Waals surface area contributed by atoms with Gasteiger partial charge in [0.15, 0.2) is 0 Å². The van der Waals surface area contributed by atoms with Gasteiger partial charge in [-0.25, -0.2) is 4.79 Å². The minimum absolute atomic E-state index is 0.143. The van der Waals surface area contributed by atoms with Crippen molar-refractivity contribution in [3.8, 4) is 11.5 Å². The number of nitrogens with zero attached hydrogens (tertiary/aromatic N) is 1. The molecule has 220 valence electrons. The molecule has 0 radical (unpaired) electrons. The van der Waals surface area contributed by atoms with E-state index in [0.29, 0.717) is 26.3 Å². The van der Waals surface area contributed by atoms with Crippen molar-refractivity contribution in [2.24, 2.45) is 0 Å². The van der Waals surface area contributed by atoms with Crippen LogP contribution in [0.15, 0.2) is 91.0 Å². The van der Waals surface area contributed by atoms with Gasteiger partial charge in [-0.3, -0.25) is 0 Å². The molecule has 4 aromatic rings. The molecule has 0 bridgehead atoms. The van der Waals surface area contributed by atoms with E-state index in [0.717, 1.165) is 40.7 Å². The number of carbonyl (C=O) groups is 1. The lowest BCUT2D eigenvalue weighted by atomic mass is 9.86. The number of carbonyl (C=O) groups excluding carboxylic acids is 1. The van der Waals surface area contributed by atoms with Crippen LogP contribution in [0.3, 0.4) is 0 Å². The van der Waals surface area contributed by atoms with Crippen LogP contribution in [-0.4, -0.2) is 49.5 Å². The van der Waals surface area contributed by atoms with Crippen molar-refractivity contribution < 1.29 is 23.7 Å². The van der Waals surface area contributed by atoms with Gasteiger partial charge in [-0.05, 0) is 55.8 Å². The predicted molar refractivity (Wildman–Crippen MR) is 166 cm³/mol. The van der Waals surface area contributed by atoms with Crippen molar-refractivity contribution in [2.45, 2.75) is 57.8 Å². The number of hydrogen-bond donors (Lipinski definition) is 0. The summed E-state index contributed by atoms with van der Waals surface area (Å²) in [7, 11) is 1.70. The van der Waals surface area contributed by atoms with Crippen LogP contribution >= 0.6 is 0 Å². The third-order valence-corrected chi connectivity index (χ3v) is 7.64. The highest BCUT2D eigenvalue weighted by Gasteiger charge is 2.35. The average molecular weight is 568 g/mol. The van der Waals surface area contributed by atoms with E-state index in [1.54, 1.807) is 12.0 Å². The molecule has 42 heavy (non-hydrogen) atoms. The number of piperidine rings is 1. The lowest BCUT2D eigenvalue weighted by Gasteiger charge is -2.39. The molecule has 0 aromatic heterocycles. The van der Waals surface area contributed by atoms with Crippen molar-refractivity contribution >= 4 is 16.9 Å². The van der Waals surface area contributed by atoms with Crippen LogP contribution in [0.25, 0.3) is 10.8 Å². The summed E-state index contributed by atoms with van der Waals surface area (Å²) >= 11 is 0. The Labute approximate surface area is 249 Å². The fourth-order valence-corrected chi connectivity index (χ4v) is 5.53. The van der Waals surface area contributed by atoms with E-state index in [9.17, 15) is 4.79 Å². The summed E-state index contributed by atoms with van der Waals surface area (Å²) in [6.45, 7) is 7.76. The minimum atomic E-state index is -0.553. The first-order valence-electron chi connectivity index (χ1n) is 14.7. The number of ether oxygens (including phenoxy) is 4. The number of likely N-dealkylation sites (tertiary alicyclic amines) is 1. The molecule has 0 N–H and O–H groups in total. The lowest BCUT2D eigenvalue weighted by molar-refractivity contribution is -0.0363. The van der Waals surface area contributed by atoms with Gasteiger partial charge in [0.2, 0.25) is 0 Å². The highest BCUT2D eigenvalue weighted by atomic mass is 16.6. The SMILES string of the molecule is COc1c(COC2CN(C(=O)OC(C)(C)C)CCC2c2ccc(CCOc3ccccc3)cc2)ccc2ccccc12. The summed E-state index contributed by atoms with van der Waals surface area (Å²) in [5.41, 5.74) is 2.86. The van der Waals surface area contributed by atoms with Gasteiger partial charge in [0.1, 0.15) is 17.1 Å². The summed E-state index contributed by atoms with van der Waals surface area (Å²) in [5, 5.41) is 2.18. The zero-order chi connectivity index (χ0) is 29.5. The van der Waals surface area contributed by atoms with Crippen LogP contribution in [0.1, 0.15) is 49.8 Å². The molecular weight excluding hydrogens is 526 g/mol. The van der Waals surface area contributed by atoms with Gasteiger partial charge in [-0.2, -0.15) is 0 Å². The van der Waals surface area contributed by atoms with Gasteiger partial charge in [0, 0.05) is 29.8 Å². The number of amides is 1. The number of fused-ring (bicyclic) bond motifs is 1. The van der Waals surface area contributed by atoms with Crippen LogP contribution in [0.5, 0.6) is 11.5 Å². The normalized spacial score (nSPS) is 17.2. The first-order valence-corrected chi connectivity index (χ1v) is 14.7. The van der Waals surface area contributed by atoms with E-state index in [1.807, 2.05) is 63.2 Å². The molecule has 6 nitrogen and oxygen atoms in total. The van der Waals surface area contributed by atoms with E-state index < -0.39 is 5.60 Å². The Morgan fingerprint density at radius 2 is 1.64 bits per heavy atom. The smallest absolute Gasteiger partial charge is 0.410 e. The third kappa shape index (κ3) is 7.42. The average Bonchev–Trinajstić information content (AvgIpc) is 2.99. The highest BCUT2D eigenvalue weighted by molar-refractivity contribution is 5.89. The topological polar surface area (TPSA) is 57.2 Å². The summed E-state index contributed by atoms with van der Waals surface area (Å²) < 4.78 is 24.0. The predicted octanol–water partition coefficient (Wildman–Crippen LogP) is 7.78. The maximum absolute atomic E-state index is 13.0. The third-order valence-electron chi connectivity index (χ3n) is 7.64. The summed E-state index contributed by atoms with van der Waals surface area (Å²) in [6.07, 6.45) is 1.12. The molecule has 2 unspecified atom stereocenters. The maximum atomic E-state index is 13.0. The van der Waals surface area contributed by atoms with Gasteiger partial charge in [-0.1, -0.05) is 78.9 Å². The first kappa shape index (κ1) is 29.5. The molecule has 1 amide bonds. The summed E-state index contributed by atoms with van der Waals surface area (Å²) in [6, 6.07) is 31.0. The van der Waals surface area contributed by atoms with Crippen LogP contribution in [0, 0.1) is 0 Å². The Morgan fingerprint density at radius 1 is 0.905 bits per heavy atom. The summed E-state index contributed by atoms with van der Waals surface area (Å²) in [4.78, 5) is 14.8. The van der Waals surface area contributed by atoms with E-state index in [-0.39, 0.29) is 18.1 Å². The van der Waals surface area contributed by atoms with Crippen LogP contribution in [-0.2, 0) is 22.5 Å². The van der Waals surface area contributed by atoms with Crippen molar-refractivity contribution in [3.05, 3.63) is 108 Å². The second-order valence-electron chi connectivity index (χ2n) is 11.8. The molecule has 0 spiro atoms. The van der Waals surface area contributed by atoms with E-state index >= 15 is 0 Å². The van der Waals surface area contributed by atoms with Crippen molar-refractivity contribution in [3.63, 3.8) is 0 Å². The number of hydrogen-bond acceptors (Lipinski definition) is 5. The highest BCUT2D eigenvalue weighted by Crippen LogP contribution is 2.35. The van der Waals surface area contributed by atoms with E-state index in [4.69, 9.17) is 18.9 Å².